The molecule has 0 aromatic heterocycles. The minimum Gasteiger partial charge on any atom is -0.352 e. The van der Waals surface area contributed by atoms with E-state index in [0.29, 0.717) is 17.8 Å². The quantitative estimate of drug-likeness (QED) is 0.760. The van der Waals surface area contributed by atoms with Gasteiger partial charge < -0.3 is 10.2 Å². The molecule has 1 aliphatic heterocycles. The van der Waals surface area contributed by atoms with E-state index in [-0.39, 0.29) is 5.91 Å². The zero-order valence-electron chi connectivity index (χ0n) is 13.8. The molecule has 0 bridgehead atoms. The maximum atomic E-state index is 12.2. The number of likely N-dealkylation sites (tertiary alicyclic amines) is 1. The molecule has 0 spiro atoms. The highest BCUT2D eigenvalue weighted by Gasteiger charge is 2.14. The fraction of sp³-hybridized carbons (Fsp3) is 0.562. The molecule has 23 heavy (non-hydrogen) atoms. The van der Waals surface area contributed by atoms with E-state index >= 15 is 0 Å². The number of hydrogen-bond donors (Lipinski definition) is 1. The van der Waals surface area contributed by atoms with Gasteiger partial charge in [0.15, 0.2) is 0 Å². The molecule has 7 heteroatoms. The summed E-state index contributed by atoms with van der Waals surface area (Å²) in [6.45, 7) is 3.96. The number of rotatable bonds is 7. The molecule has 0 unspecified atom stereocenters. The topological polar surface area (TPSA) is 69.7 Å². The van der Waals surface area contributed by atoms with E-state index in [1.807, 2.05) is 0 Å². The van der Waals surface area contributed by atoms with Crippen LogP contribution in [0.1, 0.15) is 29.6 Å². The minimum atomic E-state index is -3.33. The number of benzene rings is 1. The number of carbonyl (C=O) groups is 1. The lowest BCUT2D eigenvalue weighted by atomic mass is 10.2. The van der Waals surface area contributed by atoms with Crippen LogP contribution in [0.15, 0.2) is 24.3 Å². The average molecular weight is 339 g/mol. The van der Waals surface area contributed by atoms with Gasteiger partial charge in [-0.2, -0.15) is 0 Å². The second-order valence-corrected chi connectivity index (χ2v) is 7.95. The van der Waals surface area contributed by atoms with Crippen LogP contribution in [0.5, 0.6) is 0 Å². The van der Waals surface area contributed by atoms with Crippen molar-refractivity contribution in [3.63, 3.8) is 0 Å². The van der Waals surface area contributed by atoms with Crippen LogP contribution in [-0.4, -0.2) is 58.7 Å². The van der Waals surface area contributed by atoms with Crippen LogP contribution in [0.25, 0.3) is 0 Å². The molecule has 1 aromatic rings. The molecule has 1 aromatic carbocycles. The van der Waals surface area contributed by atoms with E-state index in [2.05, 4.69) is 10.2 Å². The molecule has 0 saturated carbocycles. The average Bonchev–Trinajstić information content (AvgIpc) is 3.03. The highest BCUT2D eigenvalue weighted by Crippen LogP contribution is 2.17. The molecule has 0 atom stereocenters. The third-order valence-electron chi connectivity index (χ3n) is 4.10. The van der Waals surface area contributed by atoms with Crippen LogP contribution in [0.2, 0.25) is 0 Å². The molecule has 1 fully saturated rings. The summed E-state index contributed by atoms with van der Waals surface area (Å²) in [7, 11) is -1.86. The van der Waals surface area contributed by atoms with Gasteiger partial charge in [0.2, 0.25) is 10.0 Å². The molecule has 128 valence electrons. The Morgan fingerprint density at radius 3 is 2.65 bits per heavy atom. The molecule has 1 saturated heterocycles. The van der Waals surface area contributed by atoms with Crippen LogP contribution in [0.4, 0.5) is 5.69 Å². The first-order chi connectivity index (χ1) is 10.9. The monoisotopic (exact) mass is 339 g/mol. The van der Waals surface area contributed by atoms with Crippen LogP contribution < -0.4 is 9.62 Å². The fourth-order valence-electron chi connectivity index (χ4n) is 2.65. The van der Waals surface area contributed by atoms with Gasteiger partial charge >= 0.3 is 0 Å². The summed E-state index contributed by atoms with van der Waals surface area (Å²) in [6.07, 6.45) is 4.60. The normalized spacial score (nSPS) is 15.6. The maximum Gasteiger partial charge on any atom is 0.251 e. The fourth-order valence-corrected chi connectivity index (χ4v) is 3.14. The highest BCUT2D eigenvalue weighted by molar-refractivity contribution is 7.92. The van der Waals surface area contributed by atoms with Crippen molar-refractivity contribution in [1.82, 2.24) is 10.2 Å². The first-order valence-corrected chi connectivity index (χ1v) is 9.77. The summed E-state index contributed by atoms with van der Waals surface area (Å²) in [5, 5.41) is 2.89. The van der Waals surface area contributed by atoms with Gasteiger partial charge in [-0.1, -0.05) is 6.07 Å². The lowest BCUT2D eigenvalue weighted by Crippen LogP contribution is -2.29. The lowest BCUT2D eigenvalue weighted by molar-refractivity contribution is 0.0952. The Kier molecular flexibility index (Phi) is 6.01. The number of amides is 1. The number of nitrogens with zero attached hydrogens (tertiary/aromatic N) is 2. The van der Waals surface area contributed by atoms with E-state index in [0.717, 1.165) is 36.6 Å². The van der Waals surface area contributed by atoms with Crippen LogP contribution in [-0.2, 0) is 10.0 Å². The Balaban J connectivity index is 1.86. The molecule has 0 radical (unpaired) electrons. The minimum absolute atomic E-state index is 0.171. The van der Waals surface area contributed by atoms with Crippen molar-refractivity contribution < 1.29 is 13.2 Å². The number of anilines is 1. The predicted molar refractivity (Wildman–Crippen MR) is 92.3 cm³/mol. The van der Waals surface area contributed by atoms with Crippen molar-refractivity contribution in [2.24, 2.45) is 0 Å². The second-order valence-electron chi connectivity index (χ2n) is 5.94. The summed E-state index contributed by atoms with van der Waals surface area (Å²) in [4.78, 5) is 14.6. The molecule has 1 heterocycles. The number of sulfonamides is 1. The SMILES string of the molecule is CN(c1cccc(C(=O)NCCCN2CCCC2)c1)S(C)(=O)=O. The van der Waals surface area contributed by atoms with E-state index in [1.165, 1.54) is 19.9 Å². The largest absolute Gasteiger partial charge is 0.352 e. The summed E-state index contributed by atoms with van der Waals surface area (Å²) >= 11 is 0. The standard InChI is InChI=1S/C16H25N3O3S/c1-18(23(2,21)22)15-8-5-7-14(13-15)16(20)17-9-6-12-19-10-3-4-11-19/h5,7-8,13H,3-4,6,9-12H2,1-2H3,(H,17,20). The Morgan fingerprint density at radius 1 is 1.30 bits per heavy atom. The van der Waals surface area contributed by atoms with E-state index in [9.17, 15) is 13.2 Å². The lowest BCUT2D eigenvalue weighted by Gasteiger charge is -2.17. The zero-order chi connectivity index (χ0) is 16.9. The molecule has 6 nitrogen and oxygen atoms in total. The Morgan fingerprint density at radius 2 is 2.00 bits per heavy atom. The third-order valence-corrected chi connectivity index (χ3v) is 5.31. The molecule has 2 rings (SSSR count). The second kappa shape index (κ2) is 7.79. The number of hydrogen-bond acceptors (Lipinski definition) is 4. The van der Waals surface area contributed by atoms with Gasteiger partial charge in [-0.15, -0.1) is 0 Å². The number of carbonyl (C=O) groups excluding carboxylic acids is 1. The van der Waals surface area contributed by atoms with Crippen molar-refractivity contribution in [3.05, 3.63) is 29.8 Å². The van der Waals surface area contributed by atoms with E-state index in [4.69, 9.17) is 0 Å². The Bertz CT molecular complexity index is 640. The zero-order valence-corrected chi connectivity index (χ0v) is 14.6. The van der Waals surface area contributed by atoms with Gasteiger partial charge in [-0.25, -0.2) is 8.42 Å². The van der Waals surface area contributed by atoms with Crippen molar-refractivity contribution >= 4 is 21.6 Å². The molecule has 1 aliphatic rings. The first-order valence-electron chi connectivity index (χ1n) is 7.92. The van der Waals surface area contributed by atoms with Gasteiger partial charge in [0.05, 0.1) is 11.9 Å². The van der Waals surface area contributed by atoms with E-state index < -0.39 is 10.0 Å². The van der Waals surface area contributed by atoms with Crippen molar-refractivity contribution in [3.8, 4) is 0 Å². The molecule has 1 amide bonds. The van der Waals surface area contributed by atoms with Crippen LogP contribution >= 0.6 is 0 Å². The molecule has 1 N–H and O–H groups in total. The van der Waals surface area contributed by atoms with Gasteiger partial charge in [0.1, 0.15) is 0 Å². The predicted octanol–water partition coefficient (Wildman–Crippen LogP) is 1.30. The summed E-state index contributed by atoms with van der Waals surface area (Å²) in [5.74, 6) is -0.171. The van der Waals surface area contributed by atoms with Crippen LogP contribution in [0, 0.1) is 0 Å². The summed E-state index contributed by atoms with van der Waals surface area (Å²) in [6, 6.07) is 6.65. The van der Waals surface area contributed by atoms with Crippen molar-refractivity contribution in [2.75, 3.05) is 43.8 Å². The molecular weight excluding hydrogens is 314 g/mol. The van der Waals surface area contributed by atoms with Crippen LogP contribution in [0.3, 0.4) is 0 Å². The van der Waals surface area contributed by atoms with Gasteiger partial charge in [-0.05, 0) is 57.1 Å². The summed E-state index contributed by atoms with van der Waals surface area (Å²) in [5.41, 5.74) is 0.955. The van der Waals surface area contributed by atoms with E-state index in [1.54, 1.807) is 24.3 Å². The maximum absolute atomic E-state index is 12.2. The Hall–Kier alpha value is -1.60. The van der Waals surface area contributed by atoms with Gasteiger partial charge in [-0.3, -0.25) is 9.10 Å². The van der Waals surface area contributed by atoms with Gasteiger partial charge in [0.25, 0.3) is 5.91 Å². The van der Waals surface area contributed by atoms with Gasteiger partial charge in [0, 0.05) is 19.2 Å². The summed E-state index contributed by atoms with van der Waals surface area (Å²) < 4.78 is 24.3. The Labute approximate surface area is 138 Å². The first kappa shape index (κ1) is 17.7. The van der Waals surface area contributed by atoms with Crippen molar-refractivity contribution in [1.29, 1.82) is 0 Å². The third kappa shape index (κ3) is 5.21. The molecule has 0 aliphatic carbocycles. The smallest absolute Gasteiger partial charge is 0.251 e. The molecular formula is C16H25N3O3S. The number of nitrogens with one attached hydrogen (secondary N) is 1. The van der Waals surface area contributed by atoms with Crippen molar-refractivity contribution in [2.45, 2.75) is 19.3 Å². The highest BCUT2D eigenvalue weighted by atomic mass is 32.2.